The van der Waals surface area contributed by atoms with E-state index in [0.717, 1.165) is 19.5 Å². The molecular formula is C14H29N3O3. The number of likely N-dealkylation sites (N-methyl/N-ethyl adjacent to an activating group) is 1. The van der Waals surface area contributed by atoms with Crippen LogP contribution in [0.3, 0.4) is 0 Å². The number of nitrogens with zero attached hydrogens (tertiary/aromatic N) is 2. The molecule has 0 bridgehead atoms. The molecule has 20 heavy (non-hydrogen) atoms. The molecule has 0 saturated heterocycles. The number of carbonyl (C=O) groups excluding carboxylic acids is 1. The second-order valence-corrected chi connectivity index (χ2v) is 5.40. The van der Waals surface area contributed by atoms with Gasteiger partial charge < -0.3 is 20.2 Å². The molecule has 0 rings (SSSR count). The van der Waals surface area contributed by atoms with E-state index >= 15 is 0 Å². The highest BCUT2D eigenvalue weighted by atomic mass is 16.4. The molecule has 0 radical (unpaired) electrons. The van der Waals surface area contributed by atoms with Crippen molar-refractivity contribution >= 4 is 12.0 Å². The molecule has 118 valence electrons. The Labute approximate surface area is 122 Å². The smallest absolute Gasteiger partial charge is 0.317 e. The van der Waals surface area contributed by atoms with E-state index in [2.05, 4.69) is 5.32 Å². The summed E-state index contributed by atoms with van der Waals surface area (Å²) in [4.78, 5) is 26.5. The third-order valence-corrected chi connectivity index (χ3v) is 3.11. The molecule has 6 heteroatoms. The molecule has 2 amide bonds. The van der Waals surface area contributed by atoms with Gasteiger partial charge in [-0.15, -0.1) is 0 Å². The van der Waals surface area contributed by atoms with Crippen LogP contribution in [-0.2, 0) is 4.79 Å². The maximum atomic E-state index is 12.0. The summed E-state index contributed by atoms with van der Waals surface area (Å²) >= 11 is 0. The van der Waals surface area contributed by atoms with Gasteiger partial charge in [-0.05, 0) is 33.4 Å². The van der Waals surface area contributed by atoms with Gasteiger partial charge in [-0.1, -0.05) is 13.8 Å². The van der Waals surface area contributed by atoms with E-state index in [1.807, 2.05) is 25.9 Å². The van der Waals surface area contributed by atoms with Gasteiger partial charge in [0.25, 0.3) is 0 Å². The van der Waals surface area contributed by atoms with Crippen molar-refractivity contribution in [3.05, 3.63) is 0 Å². The predicted molar refractivity (Wildman–Crippen MR) is 79.9 cm³/mol. The van der Waals surface area contributed by atoms with Crippen molar-refractivity contribution in [1.29, 1.82) is 0 Å². The third kappa shape index (κ3) is 8.74. The van der Waals surface area contributed by atoms with Crippen molar-refractivity contribution in [2.24, 2.45) is 5.92 Å². The topological polar surface area (TPSA) is 72.9 Å². The lowest BCUT2D eigenvalue weighted by Crippen LogP contribution is -2.43. The number of carboxylic acids is 1. The zero-order valence-electron chi connectivity index (χ0n) is 13.2. The second-order valence-electron chi connectivity index (χ2n) is 5.40. The average molecular weight is 287 g/mol. The number of rotatable bonds is 10. The standard InChI is InChI=1S/C14H29N3O3/c1-5-9-17(11-10-16(3)4)14(20)15-8-6-7-12(2)13(18)19/h12H,5-11H2,1-4H3,(H,15,20)(H,18,19). The number of carboxylic acid groups (broad SMARTS) is 1. The third-order valence-electron chi connectivity index (χ3n) is 3.11. The Balaban J connectivity index is 3.97. The van der Waals surface area contributed by atoms with Crippen LogP contribution in [0.2, 0.25) is 0 Å². The highest BCUT2D eigenvalue weighted by molar-refractivity contribution is 5.74. The highest BCUT2D eigenvalue weighted by Crippen LogP contribution is 2.04. The van der Waals surface area contributed by atoms with E-state index in [1.165, 1.54) is 0 Å². The number of amides is 2. The molecule has 1 unspecified atom stereocenters. The van der Waals surface area contributed by atoms with E-state index < -0.39 is 5.97 Å². The fraction of sp³-hybridized carbons (Fsp3) is 0.857. The first-order valence-corrected chi connectivity index (χ1v) is 7.28. The molecule has 2 N–H and O–H groups in total. The summed E-state index contributed by atoms with van der Waals surface area (Å²) in [7, 11) is 3.96. The minimum absolute atomic E-state index is 0.0586. The van der Waals surface area contributed by atoms with Crippen LogP contribution in [-0.4, -0.2) is 67.2 Å². The Morgan fingerprint density at radius 2 is 1.85 bits per heavy atom. The van der Waals surface area contributed by atoms with Crippen molar-refractivity contribution in [3.63, 3.8) is 0 Å². The lowest BCUT2D eigenvalue weighted by molar-refractivity contribution is -0.141. The molecule has 6 nitrogen and oxygen atoms in total. The molecule has 1 atom stereocenters. The van der Waals surface area contributed by atoms with Gasteiger partial charge in [0.2, 0.25) is 0 Å². The fourth-order valence-corrected chi connectivity index (χ4v) is 1.74. The largest absolute Gasteiger partial charge is 0.481 e. The Morgan fingerprint density at radius 1 is 1.20 bits per heavy atom. The predicted octanol–water partition coefficient (Wildman–Crippen LogP) is 1.47. The van der Waals surface area contributed by atoms with E-state index in [4.69, 9.17) is 5.11 Å². The Hall–Kier alpha value is -1.30. The normalized spacial score (nSPS) is 12.2. The summed E-state index contributed by atoms with van der Waals surface area (Å²) in [5.74, 6) is -1.14. The second kappa shape index (κ2) is 10.5. The Morgan fingerprint density at radius 3 is 2.35 bits per heavy atom. The van der Waals surface area contributed by atoms with Crippen LogP contribution in [0.5, 0.6) is 0 Å². The first-order chi connectivity index (χ1) is 9.38. The van der Waals surface area contributed by atoms with Crippen LogP contribution >= 0.6 is 0 Å². The monoisotopic (exact) mass is 287 g/mol. The zero-order chi connectivity index (χ0) is 15.5. The van der Waals surface area contributed by atoms with Crippen molar-refractivity contribution < 1.29 is 14.7 Å². The molecule has 0 heterocycles. The van der Waals surface area contributed by atoms with Gasteiger partial charge >= 0.3 is 12.0 Å². The van der Waals surface area contributed by atoms with Gasteiger partial charge in [0.1, 0.15) is 0 Å². The minimum Gasteiger partial charge on any atom is -0.481 e. The summed E-state index contributed by atoms with van der Waals surface area (Å²) in [6, 6.07) is -0.0586. The number of nitrogens with one attached hydrogen (secondary N) is 1. The molecule has 0 aromatic rings. The van der Waals surface area contributed by atoms with E-state index in [-0.39, 0.29) is 11.9 Å². The maximum absolute atomic E-state index is 12.0. The average Bonchev–Trinajstić information content (AvgIpc) is 2.38. The molecule has 0 spiro atoms. The quantitative estimate of drug-likeness (QED) is 0.597. The summed E-state index contributed by atoms with van der Waals surface area (Å²) in [6.45, 7) is 6.54. The first kappa shape index (κ1) is 18.7. The molecule has 0 aliphatic rings. The lowest BCUT2D eigenvalue weighted by Gasteiger charge is -2.24. The number of carbonyl (C=O) groups is 2. The van der Waals surface area contributed by atoms with Crippen molar-refractivity contribution in [2.45, 2.75) is 33.1 Å². The SMILES string of the molecule is CCCN(CCN(C)C)C(=O)NCCCC(C)C(=O)O. The minimum atomic E-state index is -0.782. The van der Waals surface area contributed by atoms with E-state index in [0.29, 0.717) is 25.9 Å². The Bertz CT molecular complexity index is 295. The number of hydrogen-bond acceptors (Lipinski definition) is 3. The lowest BCUT2D eigenvalue weighted by atomic mass is 10.1. The molecule has 0 aromatic heterocycles. The van der Waals surface area contributed by atoms with Crippen LogP contribution in [0, 0.1) is 5.92 Å². The van der Waals surface area contributed by atoms with Crippen molar-refractivity contribution in [2.75, 3.05) is 40.3 Å². The van der Waals surface area contributed by atoms with E-state index in [9.17, 15) is 9.59 Å². The molecule has 0 saturated carbocycles. The van der Waals surface area contributed by atoms with Crippen LogP contribution < -0.4 is 5.32 Å². The molecule has 0 aliphatic carbocycles. The van der Waals surface area contributed by atoms with Gasteiger partial charge in [0.05, 0.1) is 5.92 Å². The molecule has 0 fully saturated rings. The summed E-state index contributed by atoms with van der Waals surface area (Å²) in [6.07, 6.45) is 2.20. The van der Waals surface area contributed by atoms with Gasteiger partial charge in [0, 0.05) is 26.2 Å². The van der Waals surface area contributed by atoms with Gasteiger partial charge in [0.15, 0.2) is 0 Å². The maximum Gasteiger partial charge on any atom is 0.317 e. The van der Waals surface area contributed by atoms with Gasteiger partial charge in [-0.25, -0.2) is 4.79 Å². The van der Waals surface area contributed by atoms with Crippen LogP contribution in [0.25, 0.3) is 0 Å². The summed E-state index contributed by atoms with van der Waals surface area (Å²) in [5, 5.41) is 11.6. The number of hydrogen-bond donors (Lipinski definition) is 2. The van der Waals surface area contributed by atoms with Crippen LogP contribution in [0.4, 0.5) is 4.79 Å². The van der Waals surface area contributed by atoms with Crippen molar-refractivity contribution in [3.8, 4) is 0 Å². The van der Waals surface area contributed by atoms with Crippen LogP contribution in [0.1, 0.15) is 33.1 Å². The van der Waals surface area contributed by atoms with Crippen molar-refractivity contribution in [1.82, 2.24) is 15.1 Å². The molecule has 0 aliphatic heterocycles. The first-order valence-electron chi connectivity index (χ1n) is 7.28. The van der Waals surface area contributed by atoms with E-state index in [1.54, 1.807) is 11.8 Å². The van der Waals surface area contributed by atoms with Gasteiger partial charge in [-0.3, -0.25) is 4.79 Å². The molecule has 0 aromatic carbocycles. The fourth-order valence-electron chi connectivity index (χ4n) is 1.74. The Kier molecular flexibility index (Phi) is 9.80. The summed E-state index contributed by atoms with van der Waals surface area (Å²) in [5.41, 5.74) is 0. The van der Waals surface area contributed by atoms with Crippen LogP contribution in [0.15, 0.2) is 0 Å². The summed E-state index contributed by atoms with van der Waals surface area (Å²) < 4.78 is 0. The number of urea groups is 1. The number of aliphatic carboxylic acids is 1. The highest BCUT2D eigenvalue weighted by Gasteiger charge is 2.13. The van der Waals surface area contributed by atoms with Gasteiger partial charge in [-0.2, -0.15) is 0 Å². The molecular weight excluding hydrogens is 258 g/mol. The zero-order valence-corrected chi connectivity index (χ0v) is 13.2.